The number of nitrogens with one attached hydrogen (secondary N) is 2. The Kier molecular flexibility index (Phi) is 6.81. The molecule has 4 bridgehead atoms. The molecule has 43 heavy (non-hydrogen) atoms. The van der Waals surface area contributed by atoms with Crippen LogP contribution in [0.3, 0.4) is 0 Å². The first-order valence-corrected chi connectivity index (χ1v) is 18.0. The Morgan fingerprint density at radius 2 is 1.00 bits per heavy atom. The second-order valence-electron chi connectivity index (χ2n) is 15.4. The van der Waals surface area contributed by atoms with Crippen molar-refractivity contribution in [3.63, 3.8) is 0 Å². The maximum Gasteiger partial charge on any atom is 0.281 e. The minimum atomic E-state index is -4.08. The van der Waals surface area contributed by atoms with Gasteiger partial charge in [0, 0.05) is 36.5 Å². The SMILES string of the molecule is C[C@H]1C(NS(=O)(=O)NC2OC3O[C@]4(C)CCC5[C@H](C)CCC([C@H]2C)[C@@]35OO4)OC2O[C@]3(C)CCC4[C@H](C)CCC1[C@@]24OO3. The standard InChI is InChI=1S/C30H48N2O10S/c1-15-7-9-21-17(3)23(35-25-29(21)19(15)11-13-27(5,37-25)39-41-29)31-43(33,34)32-24-18(4)22-10-8-16(2)20-12-14-28(6)38-26(36-24)30(20,22)42-40-28/h15-26,31-32H,7-14H2,1-6H3/t15-,16-,17-,18-,19?,20?,21?,22?,23?,24?,25?,26?,27+,28+,29-,30-/m1/s1. The third-order valence-corrected chi connectivity index (χ3v) is 13.9. The van der Waals surface area contributed by atoms with Gasteiger partial charge in [-0.05, 0) is 76.0 Å². The highest BCUT2D eigenvalue weighted by Gasteiger charge is 2.71. The van der Waals surface area contributed by atoms with Crippen LogP contribution in [0.1, 0.15) is 92.9 Å². The molecule has 8 heterocycles. The van der Waals surface area contributed by atoms with E-state index >= 15 is 0 Å². The van der Waals surface area contributed by atoms with Crippen LogP contribution < -0.4 is 9.44 Å². The lowest BCUT2D eigenvalue weighted by molar-refractivity contribution is -0.571. The van der Waals surface area contributed by atoms with Crippen LogP contribution in [0.25, 0.3) is 0 Å². The Hall–Kier alpha value is -0.450. The smallest absolute Gasteiger partial charge is 0.281 e. The topological polar surface area (TPSA) is 132 Å². The van der Waals surface area contributed by atoms with E-state index in [-0.39, 0.29) is 35.5 Å². The molecule has 0 amide bonds. The molecule has 0 aromatic heterocycles. The van der Waals surface area contributed by atoms with Gasteiger partial charge >= 0.3 is 0 Å². The summed E-state index contributed by atoms with van der Waals surface area (Å²) in [6, 6.07) is 0. The average molecular weight is 629 g/mol. The van der Waals surface area contributed by atoms with Gasteiger partial charge in [0.05, 0.1) is 0 Å². The number of rotatable bonds is 4. The molecule has 244 valence electrons. The van der Waals surface area contributed by atoms with E-state index < -0.39 is 58.0 Å². The molecule has 10 fully saturated rings. The van der Waals surface area contributed by atoms with Crippen LogP contribution >= 0.6 is 0 Å². The van der Waals surface area contributed by atoms with E-state index in [1.165, 1.54) is 0 Å². The average Bonchev–Trinajstić information content (AvgIpc) is 3.31. The Morgan fingerprint density at radius 3 is 1.42 bits per heavy atom. The van der Waals surface area contributed by atoms with Crippen LogP contribution in [-0.2, 0) is 48.7 Å². The normalized spacial score (nSPS) is 59.1. The molecule has 8 aliphatic heterocycles. The summed E-state index contributed by atoms with van der Waals surface area (Å²) in [5.41, 5.74) is -1.53. The van der Waals surface area contributed by atoms with Gasteiger partial charge in [-0.2, -0.15) is 17.9 Å². The van der Waals surface area contributed by atoms with Crippen molar-refractivity contribution in [2.75, 3.05) is 0 Å². The summed E-state index contributed by atoms with van der Waals surface area (Å²) in [6.45, 7) is 12.3. The summed E-state index contributed by atoms with van der Waals surface area (Å²) < 4.78 is 59.1. The van der Waals surface area contributed by atoms with E-state index in [4.69, 9.17) is 38.5 Å². The lowest BCUT2D eigenvalue weighted by Crippen LogP contribution is -2.73. The lowest BCUT2D eigenvalue weighted by Gasteiger charge is -2.60. The van der Waals surface area contributed by atoms with E-state index in [9.17, 15) is 8.42 Å². The van der Waals surface area contributed by atoms with Crippen molar-refractivity contribution in [3.05, 3.63) is 0 Å². The Labute approximate surface area is 254 Å². The van der Waals surface area contributed by atoms with Crippen molar-refractivity contribution in [3.8, 4) is 0 Å². The monoisotopic (exact) mass is 628 g/mol. The number of fused-ring (bicyclic) bond motifs is 4. The molecule has 10 rings (SSSR count). The zero-order chi connectivity index (χ0) is 30.2. The first-order valence-electron chi connectivity index (χ1n) is 16.5. The van der Waals surface area contributed by atoms with Crippen LogP contribution in [0, 0.1) is 47.3 Å². The van der Waals surface area contributed by atoms with E-state index in [2.05, 4.69) is 23.3 Å². The fraction of sp³-hybridized carbons (Fsp3) is 1.00. The van der Waals surface area contributed by atoms with Crippen LogP contribution in [0.2, 0.25) is 0 Å². The van der Waals surface area contributed by atoms with Gasteiger partial charge in [0.2, 0.25) is 11.6 Å². The van der Waals surface area contributed by atoms with Crippen LogP contribution in [0.4, 0.5) is 0 Å². The molecule has 8 saturated heterocycles. The predicted molar refractivity (Wildman–Crippen MR) is 149 cm³/mol. The molecule has 10 aliphatic rings. The van der Waals surface area contributed by atoms with Gasteiger partial charge in [0.15, 0.2) is 23.8 Å². The zero-order valence-electron chi connectivity index (χ0n) is 26.1. The van der Waals surface area contributed by atoms with Crippen LogP contribution in [0.15, 0.2) is 0 Å². The summed E-state index contributed by atoms with van der Waals surface area (Å²) in [6.07, 6.45) is 3.92. The number of hydrogen-bond donors (Lipinski definition) is 2. The Bertz CT molecular complexity index is 1160. The molecule has 8 unspecified atom stereocenters. The van der Waals surface area contributed by atoms with E-state index in [1.54, 1.807) is 0 Å². The predicted octanol–water partition coefficient (Wildman–Crippen LogP) is 3.83. The molecule has 0 radical (unpaired) electrons. The maximum atomic E-state index is 13.8. The van der Waals surface area contributed by atoms with Gasteiger partial charge in [-0.15, -0.1) is 0 Å². The van der Waals surface area contributed by atoms with Crippen molar-refractivity contribution in [2.45, 2.75) is 141 Å². The second-order valence-corrected chi connectivity index (χ2v) is 16.9. The summed E-state index contributed by atoms with van der Waals surface area (Å²) in [4.78, 5) is 24.2. The fourth-order valence-corrected chi connectivity index (χ4v) is 11.6. The van der Waals surface area contributed by atoms with E-state index in [0.717, 1.165) is 38.5 Å². The van der Waals surface area contributed by atoms with Crippen LogP contribution in [-0.4, -0.2) is 56.2 Å². The first-order chi connectivity index (χ1) is 20.3. The van der Waals surface area contributed by atoms with Gasteiger partial charge in [0.1, 0.15) is 12.5 Å². The third kappa shape index (κ3) is 4.26. The fourth-order valence-electron chi connectivity index (χ4n) is 10.4. The zero-order valence-corrected chi connectivity index (χ0v) is 26.9. The van der Waals surface area contributed by atoms with Crippen molar-refractivity contribution in [2.24, 2.45) is 47.3 Å². The first kappa shape index (κ1) is 29.9. The Balaban J connectivity index is 1.03. The molecule has 2 spiro atoms. The quantitative estimate of drug-likeness (QED) is 0.443. The highest BCUT2D eigenvalue weighted by atomic mass is 32.2. The van der Waals surface area contributed by atoms with Crippen molar-refractivity contribution in [1.82, 2.24) is 9.44 Å². The molecule has 12 nitrogen and oxygen atoms in total. The van der Waals surface area contributed by atoms with Crippen molar-refractivity contribution < 1.29 is 46.9 Å². The number of ether oxygens (including phenoxy) is 4. The molecule has 0 aromatic carbocycles. The van der Waals surface area contributed by atoms with Gasteiger partial charge in [-0.25, -0.2) is 19.6 Å². The molecule has 0 aromatic rings. The second kappa shape index (κ2) is 9.79. The van der Waals surface area contributed by atoms with Crippen molar-refractivity contribution in [1.29, 1.82) is 0 Å². The van der Waals surface area contributed by atoms with Gasteiger partial charge in [-0.1, -0.05) is 27.7 Å². The summed E-state index contributed by atoms with van der Waals surface area (Å²) in [7, 11) is -4.08. The molecule has 2 saturated carbocycles. The van der Waals surface area contributed by atoms with Crippen molar-refractivity contribution >= 4 is 10.2 Å². The lowest BCUT2D eigenvalue weighted by atomic mass is 9.58. The third-order valence-electron chi connectivity index (χ3n) is 12.9. The maximum absolute atomic E-state index is 13.8. The van der Waals surface area contributed by atoms with Crippen LogP contribution in [0.5, 0.6) is 0 Å². The molecular weight excluding hydrogens is 580 g/mol. The number of hydrogen-bond acceptors (Lipinski definition) is 10. The summed E-state index contributed by atoms with van der Waals surface area (Å²) in [5.74, 6) is -0.983. The summed E-state index contributed by atoms with van der Waals surface area (Å²) in [5, 5.41) is 0. The largest absolute Gasteiger partial charge is 0.330 e. The Morgan fingerprint density at radius 1 is 0.581 bits per heavy atom. The van der Waals surface area contributed by atoms with Gasteiger partial charge < -0.3 is 18.9 Å². The highest BCUT2D eigenvalue weighted by molar-refractivity contribution is 7.87. The molecule has 16 atom stereocenters. The minimum absolute atomic E-state index is 0.00139. The summed E-state index contributed by atoms with van der Waals surface area (Å²) >= 11 is 0. The molecule has 2 N–H and O–H groups in total. The van der Waals surface area contributed by atoms with Gasteiger partial charge in [0.25, 0.3) is 10.2 Å². The van der Waals surface area contributed by atoms with E-state index in [0.29, 0.717) is 24.7 Å². The van der Waals surface area contributed by atoms with Gasteiger partial charge in [-0.3, -0.25) is 0 Å². The molecule has 13 heteroatoms. The molecular formula is C30H48N2O10S. The minimum Gasteiger partial charge on any atom is -0.330 e. The molecule has 2 aliphatic carbocycles. The highest BCUT2D eigenvalue weighted by Crippen LogP contribution is 2.62. The van der Waals surface area contributed by atoms with E-state index in [1.807, 2.05) is 27.7 Å².